The van der Waals surface area contributed by atoms with Crippen molar-refractivity contribution < 1.29 is 5.11 Å². The van der Waals surface area contributed by atoms with Crippen molar-refractivity contribution in [2.75, 3.05) is 6.61 Å². The summed E-state index contributed by atoms with van der Waals surface area (Å²) >= 11 is 0. The average Bonchev–Trinajstić information content (AvgIpc) is 2.72. The first kappa shape index (κ1) is 11.3. The highest BCUT2D eigenvalue weighted by Gasteiger charge is 2.09. The van der Waals surface area contributed by atoms with Crippen LogP contribution in [0.2, 0.25) is 0 Å². The molecule has 0 saturated carbocycles. The maximum absolute atomic E-state index is 9.05. The molecule has 0 aliphatic heterocycles. The fraction of sp³-hybridized carbons (Fsp3) is 0.250. The van der Waals surface area contributed by atoms with E-state index >= 15 is 0 Å². The maximum atomic E-state index is 9.05. The molecule has 3 rings (SSSR count). The van der Waals surface area contributed by atoms with Crippen LogP contribution in [0.5, 0.6) is 0 Å². The van der Waals surface area contributed by atoms with Gasteiger partial charge >= 0.3 is 0 Å². The zero-order valence-corrected chi connectivity index (χ0v) is 10.6. The van der Waals surface area contributed by atoms with Crippen molar-refractivity contribution in [2.45, 2.75) is 19.9 Å². The molecule has 0 amide bonds. The number of fused-ring (bicyclic) bond motifs is 3. The predicted molar refractivity (Wildman–Crippen MR) is 75.9 cm³/mol. The number of hydrogen-bond acceptors (Lipinski definition) is 1. The minimum atomic E-state index is 0.206. The number of aliphatic hydroxyl groups excluding tert-OH is 1. The second-order valence-electron chi connectivity index (χ2n) is 4.59. The SMILES string of the molecule is CCn1c2ccccc2c2cc(CCO)ccc21. The van der Waals surface area contributed by atoms with E-state index in [9.17, 15) is 0 Å². The third-order valence-corrected chi connectivity index (χ3v) is 3.55. The first-order valence-corrected chi connectivity index (χ1v) is 6.46. The van der Waals surface area contributed by atoms with Crippen LogP contribution in [0.15, 0.2) is 42.5 Å². The molecule has 0 saturated heterocycles. The molecule has 0 aliphatic rings. The molecule has 0 radical (unpaired) electrons. The Morgan fingerprint density at radius 3 is 2.56 bits per heavy atom. The Kier molecular flexibility index (Phi) is 2.80. The lowest BCUT2D eigenvalue weighted by Crippen LogP contribution is -1.93. The minimum absolute atomic E-state index is 0.206. The highest BCUT2D eigenvalue weighted by atomic mass is 16.2. The van der Waals surface area contributed by atoms with Gasteiger partial charge in [-0.15, -0.1) is 0 Å². The molecule has 2 heteroatoms. The van der Waals surface area contributed by atoms with Crippen LogP contribution in [-0.2, 0) is 13.0 Å². The van der Waals surface area contributed by atoms with Crippen molar-refractivity contribution in [2.24, 2.45) is 0 Å². The number of para-hydroxylation sites is 1. The average molecular weight is 239 g/mol. The smallest absolute Gasteiger partial charge is 0.0491 e. The maximum Gasteiger partial charge on any atom is 0.0491 e. The van der Waals surface area contributed by atoms with E-state index in [0.29, 0.717) is 0 Å². The normalized spacial score (nSPS) is 11.4. The van der Waals surface area contributed by atoms with Crippen molar-refractivity contribution in [3.05, 3.63) is 48.0 Å². The van der Waals surface area contributed by atoms with E-state index in [0.717, 1.165) is 13.0 Å². The van der Waals surface area contributed by atoms with Gasteiger partial charge in [-0.25, -0.2) is 0 Å². The molecule has 92 valence electrons. The Hall–Kier alpha value is -1.80. The summed E-state index contributed by atoms with van der Waals surface area (Å²) in [6.45, 7) is 3.36. The van der Waals surface area contributed by atoms with Crippen molar-refractivity contribution >= 4 is 21.8 Å². The highest BCUT2D eigenvalue weighted by molar-refractivity contribution is 6.08. The molecular weight excluding hydrogens is 222 g/mol. The number of aromatic nitrogens is 1. The third-order valence-electron chi connectivity index (χ3n) is 3.55. The van der Waals surface area contributed by atoms with E-state index in [-0.39, 0.29) is 6.61 Å². The fourth-order valence-electron chi connectivity index (χ4n) is 2.73. The van der Waals surface area contributed by atoms with E-state index in [1.165, 1.54) is 27.4 Å². The summed E-state index contributed by atoms with van der Waals surface area (Å²) in [4.78, 5) is 0. The van der Waals surface area contributed by atoms with Crippen LogP contribution in [0.25, 0.3) is 21.8 Å². The molecule has 0 unspecified atom stereocenters. The van der Waals surface area contributed by atoms with Crippen molar-refractivity contribution in [1.29, 1.82) is 0 Å². The van der Waals surface area contributed by atoms with E-state index in [1.54, 1.807) is 0 Å². The van der Waals surface area contributed by atoms with Crippen LogP contribution in [0, 0.1) is 0 Å². The van der Waals surface area contributed by atoms with Gasteiger partial charge in [0.2, 0.25) is 0 Å². The summed E-state index contributed by atoms with van der Waals surface area (Å²) in [5, 5.41) is 11.6. The van der Waals surface area contributed by atoms with Crippen LogP contribution >= 0.6 is 0 Å². The number of nitrogens with zero attached hydrogens (tertiary/aromatic N) is 1. The third kappa shape index (κ3) is 1.61. The monoisotopic (exact) mass is 239 g/mol. The largest absolute Gasteiger partial charge is 0.396 e. The Bertz CT molecular complexity index is 697. The van der Waals surface area contributed by atoms with Crippen molar-refractivity contribution in [3.63, 3.8) is 0 Å². The number of aryl methyl sites for hydroxylation is 1. The van der Waals surface area contributed by atoms with Gasteiger partial charge in [-0.05, 0) is 37.1 Å². The van der Waals surface area contributed by atoms with Gasteiger partial charge in [0.1, 0.15) is 0 Å². The standard InChI is InChI=1S/C16H17NO/c1-2-17-15-6-4-3-5-13(15)14-11-12(9-10-18)7-8-16(14)17/h3-8,11,18H,2,9-10H2,1H3. The van der Waals surface area contributed by atoms with Crippen LogP contribution in [0.1, 0.15) is 12.5 Å². The summed E-state index contributed by atoms with van der Waals surface area (Å²) in [6.07, 6.45) is 0.724. The Labute approximate surface area is 106 Å². The first-order chi connectivity index (χ1) is 8.85. The second kappa shape index (κ2) is 4.46. The van der Waals surface area contributed by atoms with Gasteiger partial charge in [0, 0.05) is 35.0 Å². The van der Waals surface area contributed by atoms with E-state index in [1.807, 2.05) is 0 Å². The van der Waals surface area contributed by atoms with Gasteiger partial charge in [-0.3, -0.25) is 0 Å². The van der Waals surface area contributed by atoms with Crippen LogP contribution in [-0.4, -0.2) is 16.3 Å². The topological polar surface area (TPSA) is 25.2 Å². The zero-order valence-electron chi connectivity index (χ0n) is 10.6. The minimum Gasteiger partial charge on any atom is -0.396 e. The molecule has 0 atom stereocenters. The Morgan fingerprint density at radius 2 is 1.78 bits per heavy atom. The van der Waals surface area contributed by atoms with Gasteiger partial charge < -0.3 is 9.67 Å². The molecule has 18 heavy (non-hydrogen) atoms. The quantitative estimate of drug-likeness (QED) is 0.745. The van der Waals surface area contributed by atoms with Gasteiger partial charge in [0.05, 0.1) is 0 Å². The molecule has 2 aromatic carbocycles. The lowest BCUT2D eigenvalue weighted by Gasteiger charge is -2.03. The Morgan fingerprint density at radius 1 is 1.00 bits per heavy atom. The second-order valence-corrected chi connectivity index (χ2v) is 4.59. The lowest BCUT2D eigenvalue weighted by atomic mass is 10.1. The summed E-state index contributed by atoms with van der Waals surface area (Å²) in [6, 6.07) is 15.0. The molecule has 1 aromatic heterocycles. The Balaban J connectivity index is 2.37. The number of hydrogen-bond donors (Lipinski definition) is 1. The summed E-state index contributed by atoms with van der Waals surface area (Å²) in [7, 11) is 0. The molecular formula is C16H17NO. The number of aliphatic hydroxyl groups is 1. The zero-order chi connectivity index (χ0) is 12.5. The van der Waals surface area contributed by atoms with Gasteiger partial charge in [0.25, 0.3) is 0 Å². The fourth-order valence-corrected chi connectivity index (χ4v) is 2.73. The molecule has 0 spiro atoms. The summed E-state index contributed by atoms with van der Waals surface area (Å²) in [5.41, 5.74) is 3.76. The van der Waals surface area contributed by atoms with Crippen molar-refractivity contribution in [3.8, 4) is 0 Å². The van der Waals surface area contributed by atoms with E-state index in [2.05, 4.69) is 54.0 Å². The first-order valence-electron chi connectivity index (χ1n) is 6.46. The lowest BCUT2D eigenvalue weighted by molar-refractivity contribution is 0.299. The number of benzene rings is 2. The molecule has 2 nitrogen and oxygen atoms in total. The van der Waals surface area contributed by atoms with Crippen molar-refractivity contribution in [1.82, 2.24) is 4.57 Å². The molecule has 1 heterocycles. The predicted octanol–water partition coefficient (Wildman–Crippen LogP) is 3.35. The van der Waals surface area contributed by atoms with E-state index < -0.39 is 0 Å². The molecule has 3 aromatic rings. The molecule has 1 N–H and O–H groups in total. The van der Waals surface area contributed by atoms with Gasteiger partial charge in [-0.1, -0.05) is 24.3 Å². The van der Waals surface area contributed by atoms with Crippen LogP contribution in [0.4, 0.5) is 0 Å². The van der Waals surface area contributed by atoms with E-state index in [4.69, 9.17) is 5.11 Å². The summed E-state index contributed by atoms with van der Waals surface area (Å²) < 4.78 is 2.34. The van der Waals surface area contributed by atoms with Gasteiger partial charge in [0.15, 0.2) is 0 Å². The summed E-state index contributed by atoms with van der Waals surface area (Å²) in [5.74, 6) is 0. The van der Waals surface area contributed by atoms with Crippen LogP contribution in [0.3, 0.4) is 0 Å². The number of rotatable bonds is 3. The molecule has 0 bridgehead atoms. The molecule has 0 fully saturated rings. The van der Waals surface area contributed by atoms with Crippen LogP contribution < -0.4 is 0 Å². The van der Waals surface area contributed by atoms with Gasteiger partial charge in [-0.2, -0.15) is 0 Å². The molecule has 0 aliphatic carbocycles. The highest BCUT2D eigenvalue weighted by Crippen LogP contribution is 2.29.